The van der Waals surface area contributed by atoms with Crippen LogP contribution < -0.4 is 5.56 Å². The maximum Gasteiger partial charge on any atom is 0.263 e. The third kappa shape index (κ3) is 2.80. The van der Waals surface area contributed by atoms with Crippen LogP contribution in [0.5, 0.6) is 0 Å². The van der Waals surface area contributed by atoms with E-state index in [0.29, 0.717) is 17.7 Å². The van der Waals surface area contributed by atoms with Crippen LogP contribution in [0.3, 0.4) is 0 Å². The number of aryl methyl sites for hydroxylation is 2. The fraction of sp³-hybridized carbons (Fsp3) is 0.538. The van der Waals surface area contributed by atoms with Gasteiger partial charge in [0.15, 0.2) is 4.77 Å². The summed E-state index contributed by atoms with van der Waals surface area (Å²) < 4.78 is 13.4. The molecule has 1 N–H and O–H groups in total. The second-order valence-electron chi connectivity index (χ2n) is 4.97. The standard InChI is InChI=1S/C13H18N2O2S3/c1-7(20(4)17)5-6-15-12(16)10-8(2)9(3)19-11(10)14-13(15)18/h7H,5-6H2,1-4H3,(H,14,18). The van der Waals surface area contributed by atoms with Gasteiger partial charge in [-0.1, -0.05) is 6.92 Å². The van der Waals surface area contributed by atoms with Gasteiger partial charge in [-0.05, 0) is 38.0 Å². The molecular weight excluding hydrogens is 312 g/mol. The number of nitrogens with one attached hydrogen (secondary N) is 1. The average Bonchev–Trinajstić information content (AvgIpc) is 2.64. The highest BCUT2D eigenvalue weighted by atomic mass is 32.2. The highest BCUT2D eigenvalue weighted by Crippen LogP contribution is 2.25. The van der Waals surface area contributed by atoms with Gasteiger partial charge in [0.05, 0.1) is 5.39 Å². The van der Waals surface area contributed by atoms with Crippen molar-refractivity contribution in [3.8, 4) is 0 Å². The van der Waals surface area contributed by atoms with Crippen molar-refractivity contribution in [3.05, 3.63) is 25.6 Å². The molecule has 0 aliphatic carbocycles. The van der Waals surface area contributed by atoms with Crippen molar-refractivity contribution in [2.24, 2.45) is 0 Å². The Kier molecular flexibility index (Phi) is 4.61. The number of aromatic nitrogens is 2. The summed E-state index contributed by atoms with van der Waals surface area (Å²) in [6.07, 6.45) is 2.36. The lowest BCUT2D eigenvalue weighted by Crippen LogP contribution is -2.24. The van der Waals surface area contributed by atoms with E-state index in [1.807, 2.05) is 20.8 Å². The summed E-state index contributed by atoms with van der Waals surface area (Å²) in [6, 6.07) is 0. The van der Waals surface area contributed by atoms with Crippen LogP contribution in [-0.2, 0) is 17.3 Å². The lowest BCUT2D eigenvalue weighted by atomic mass is 10.2. The van der Waals surface area contributed by atoms with Crippen LogP contribution in [-0.4, -0.2) is 25.3 Å². The molecule has 0 saturated heterocycles. The molecule has 7 heteroatoms. The molecule has 0 aliphatic heterocycles. The number of aromatic amines is 1. The molecule has 0 aromatic carbocycles. The zero-order valence-electron chi connectivity index (χ0n) is 12.0. The third-order valence-corrected chi connectivity index (χ3v) is 6.45. The first kappa shape index (κ1) is 15.6. The fourth-order valence-electron chi connectivity index (χ4n) is 2.04. The van der Waals surface area contributed by atoms with Crippen LogP contribution in [0.25, 0.3) is 10.2 Å². The number of rotatable bonds is 4. The molecule has 2 atom stereocenters. The molecule has 0 amide bonds. The lowest BCUT2D eigenvalue weighted by Gasteiger charge is -2.10. The number of fused-ring (bicyclic) bond motifs is 1. The molecule has 2 aromatic heterocycles. The Morgan fingerprint density at radius 2 is 2.10 bits per heavy atom. The maximum atomic E-state index is 12.6. The van der Waals surface area contributed by atoms with Gasteiger partial charge >= 0.3 is 0 Å². The Bertz CT molecular complexity index is 785. The van der Waals surface area contributed by atoms with Gasteiger partial charge in [0, 0.05) is 33.7 Å². The Morgan fingerprint density at radius 1 is 1.45 bits per heavy atom. The van der Waals surface area contributed by atoms with Crippen molar-refractivity contribution in [2.75, 3.05) is 6.26 Å². The molecule has 110 valence electrons. The lowest BCUT2D eigenvalue weighted by molar-refractivity contribution is 0.595. The first-order chi connectivity index (χ1) is 9.32. The Labute approximate surface area is 129 Å². The van der Waals surface area contributed by atoms with Gasteiger partial charge in [0.25, 0.3) is 5.56 Å². The van der Waals surface area contributed by atoms with Crippen LogP contribution in [0.4, 0.5) is 0 Å². The third-order valence-electron chi connectivity index (χ3n) is 3.64. The summed E-state index contributed by atoms with van der Waals surface area (Å²) in [5.41, 5.74) is 0.974. The van der Waals surface area contributed by atoms with Gasteiger partial charge in [0.2, 0.25) is 0 Å². The quantitative estimate of drug-likeness (QED) is 0.877. The van der Waals surface area contributed by atoms with Crippen molar-refractivity contribution in [3.63, 3.8) is 0 Å². The van der Waals surface area contributed by atoms with E-state index in [0.717, 1.165) is 20.7 Å². The highest BCUT2D eigenvalue weighted by molar-refractivity contribution is 7.84. The summed E-state index contributed by atoms with van der Waals surface area (Å²) in [4.78, 5) is 17.7. The smallest absolute Gasteiger partial charge is 0.263 e. The van der Waals surface area contributed by atoms with Crippen molar-refractivity contribution < 1.29 is 4.21 Å². The molecule has 2 aromatic rings. The van der Waals surface area contributed by atoms with Crippen molar-refractivity contribution in [1.82, 2.24) is 9.55 Å². The predicted molar refractivity (Wildman–Crippen MR) is 88.9 cm³/mol. The summed E-state index contributed by atoms with van der Waals surface area (Å²) >= 11 is 6.84. The molecule has 0 fully saturated rings. The minimum Gasteiger partial charge on any atom is -0.323 e. The normalized spacial score (nSPS) is 14.6. The van der Waals surface area contributed by atoms with E-state index >= 15 is 0 Å². The molecule has 2 rings (SSSR count). The van der Waals surface area contributed by atoms with Crippen molar-refractivity contribution in [1.29, 1.82) is 0 Å². The second kappa shape index (κ2) is 5.91. The number of hydrogen-bond acceptors (Lipinski definition) is 4. The summed E-state index contributed by atoms with van der Waals surface area (Å²) in [5, 5.41) is 0.781. The van der Waals surface area contributed by atoms with Crippen LogP contribution in [0.1, 0.15) is 23.8 Å². The van der Waals surface area contributed by atoms with Gasteiger partial charge < -0.3 is 4.98 Å². The molecule has 20 heavy (non-hydrogen) atoms. The fourth-order valence-corrected chi connectivity index (χ4v) is 3.87. The van der Waals surface area contributed by atoms with E-state index in [9.17, 15) is 9.00 Å². The molecule has 4 nitrogen and oxygen atoms in total. The number of hydrogen-bond donors (Lipinski definition) is 1. The van der Waals surface area contributed by atoms with Gasteiger partial charge in [-0.15, -0.1) is 11.3 Å². The first-order valence-electron chi connectivity index (χ1n) is 6.38. The number of thiophene rings is 1. The van der Waals surface area contributed by atoms with Crippen molar-refractivity contribution >= 4 is 44.6 Å². The van der Waals surface area contributed by atoms with Crippen LogP contribution >= 0.6 is 23.6 Å². The number of H-pyrrole nitrogens is 1. The van der Waals surface area contributed by atoms with E-state index in [1.54, 1.807) is 22.2 Å². The molecule has 0 spiro atoms. The van der Waals surface area contributed by atoms with Gasteiger partial charge in [-0.3, -0.25) is 13.6 Å². The maximum absolute atomic E-state index is 12.6. The molecular formula is C13H18N2O2S3. The van der Waals surface area contributed by atoms with E-state index in [4.69, 9.17) is 12.2 Å². The minimum atomic E-state index is -0.882. The summed E-state index contributed by atoms with van der Waals surface area (Å²) in [6.45, 7) is 6.38. The topological polar surface area (TPSA) is 54.9 Å². The monoisotopic (exact) mass is 330 g/mol. The predicted octanol–water partition coefficient (Wildman–Crippen LogP) is 2.89. The first-order valence-corrected chi connectivity index (χ1v) is 9.22. The largest absolute Gasteiger partial charge is 0.323 e. The highest BCUT2D eigenvalue weighted by Gasteiger charge is 2.14. The Hall–Kier alpha value is -0.790. The SMILES string of the molecule is Cc1sc2[nH]c(=S)n(CCC(C)S(C)=O)c(=O)c2c1C. The van der Waals surface area contributed by atoms with Gasteiger partial charge in [-0.2, -0.15) is 0 Å². The van der Waals surface area contributed by atoms with Gasteiger partial charge in [-0.25, -0.2) is 0 Å². The van der Waals surface area contributed by atoms with Crippen LogP contribution in [0.2, 0.25) is 0 Å². The zero-order valence-corrected chi connectivity index (χ0v) is 14.4. The van der Waals surface area contributed by atoms with E-state index in [-0.39, 0.29) is 10.8 Å². The molecule has 0 radical (unpaired) electrons. The number of nitrogens with zero attached hydrogens (tertiary/aromatic N) is 1. The summed E-state index contributed by atoms with van der Waals surface area (Å²) in [7, 11) is -0.882. The van der Waals surface area contributed by atoms with Gasteiger partial charge in [0.1, 0.15) is 4.83 Å². The van der Waals surface area contributed by atoms with Crippen LogP contribution in [0.15, 0.2) is 4.79 Å². The minimum absolute atomic E-state index is 0.0420. The zero-order chi connectivity index (χ0) is 15.0. The Morgan fingerprint density at radius 3 is 2.70 bits per heavy atom. The average molecular weight is 331 g/mol. The van der Waals surface area contributed by atoms with E-state index in [2.05, 4.69) is 4.98 Å². The van der Waals surface area contributed by atoms with Crippen molar-refractivity contribution in [2.45, 2.75) is 39.0 Å². The molecule has 2 heterocycles. The Balaban J connectivity index is 2.49. The van der Waals surface area contributed by atoms with Crippen LogP contribution in [0, 0.1) is 18.6 Å². The molecule has 2 unspecified atom stereocenters. The molecule has 0 bridgehead atoms. The second-order valence-corrected chi connectivity index (χ2v) is 8.39. The van der Waals surface area contributed by atoms with E-state index in [1.165, 1.54) is 0 Å². The van der Waals surface area contributed by atoms with E-state index < -0.39 is 10.8 Å². The molecule has 0 aliphatic rings. The summed E-state index contributed by atoms with van der Waals surface area (Å²) in [5.74, 6) is 0. The molecule has 0 saturated carbocycles.